The molecule has 0 aliphatic heterocycles. The van der Waals surface area contributed by atoms with Gasteiger partial charge in [0.05, 0.1) is 35.5 Å². The Hall–Kier alpha value is -6.49. The molecule has 0 atom stereocenters. The highest BCUT2D eigenvalue weighted by atomic mass is 19.1. The molecule has 5 aromatic rings. The van der Waals surface area contributed by atoms with Crippen molar-refractivity contribution in [1.82, 2.24) is 0 Å². The van der Waals surface area contributed by atoms with Gasteiger partial charge in [-0.05, 0) is 110 Å². The zero-order valence-corrected chi connectivity index (χ0v) is 37.7. The van der Waals surface area contributed by atoms with Crippen LogP contribution in [0.5, 0.6) is 34.5 Å². The van der Waals surface area contributed by atoms with Crippen LogP contribution in [0.3, 0.4) is 0 Å². The van der Waals surface area contributed by atoms with E-state index in [0.717, 1.165) is 38.2 Å². The largest absolute Gasteiger partial charge is 0.494 e. The Kier molecular flexibility index (Phi) is 21.1. The van der Waals surface area contributed by atoms with Gasteiger partial charge < -0.3 is 28.4 Å². The van der Waals surface area contributed by atoms with Crippen molar-refractivity contribution in [1.29, 1.82) is 0 Å². The van der Waals surface area contributed by atoms with Crippen LogP contribution in [0.1, 0.15) is 158 Å². The SMILES string of the molecule is CCCCCCCCCCCCOc1ccc(C(=O)Oc2ccc(C(=O)Oc3cccc(OC(=O)c4ccc(OC(=O)c5ccc(OCCCCCCCC)cc5F)cc4)c3)cc2)cc1. The molecule has 0 heterocycles. The average molecular weight is 889 g/mol. The first kappa shape index (κ1) is 49.5. The molecule has 0 saturated heterocycles. The number of rotatable bonds is 28. The summed E-state index contributed by atoms with van der Waals surface area (Å²) in [5.74, 6) is -2.01. The van der Waals surface area contributed by atoms with Crippen molar-refractivity contribution in [3.05, 3.63) is 143 Å². The second-order valence-corrected chi connectivity index (χ2v) is 15.9. The smallest absolute Gasteiger partial charge is 0.346 e. The molecule has 0 saturated carbocycles. The Morgan fingerprint density at radius 3 is 1.15 bits per heavy atom. The van der Waals surface area contributed by atoms with Crippen LogP contribution in [0.2, 0.25) is 0 Å². The number of halogens is 1. The minimum atomic E-state index is -0.900. The molecule has 0 unspecified atom stereocenters. The Labute approximate surface area is 382 Å². The van der Waals surface area contributed by atoms with Crippen LogP contribution >= 0.6 is 0 Å². The Bertz CT molecular complexity index is 2240. The molecular weight excluding hydrogens is 828 g/mol. The third-order valence-electron chi connectivity index (χ3n) is 10.6. The first-order valence-electron chi connectivity index (χ1n) is 23.1. The van der Waals surface area contributed by atoms with Crippen molar-refractivity contribution in [2.24, 2.45) is 0 Å². The van der Waals surface area contributed by atoms with E-state index in [1.54, 1.807) is 30.3 Å². The predicted molar refractivity (Wildman–Crippen MR) is 248 cm³/mol. The van der Waals surface area contributed by atoms with Crippen LogP contribution in [-0.4, -0.2) is 37.1 Å². The van der Waals surface area contributed by atoms with E-state index < -0.39 is 29.7 Å². The van der Waals surface area contributed by atoms with Gasteiger partial charge in [-0.1, -0.05) is 110 Å². The van der Waals surface area contributed by atoms with Crippen LogP contribution in [0.15, 0.2) is 115 Å². The van der Waals surface area contributed by atoms with Crippen molar-refractivity contribution in [2.75, 3.05) is 13.2 Å². The molecule has 0 bridgehead atoms. The molecule has 5 aromatic carbocycles. The fraction of sp³-hybridized carbons (Fsp3) is 0.370. The Balaban J connectivity index is 1.01. The maximum Gasteiger partial charge on any atom is 0.346 e. The van der Waals surface area contributed by atoms with Gasteiger partial charge >= 0.3 is 23.9 Å². The lowest BCUT2D eigenvalue weighted by Gasteiger charge is -2.10. The zero-order valence-electron chi connectivity index (χ0n) is 37.7. The number of ether oxygens (including phenoxy) is 6. The Morgan fingerprint density at radius 1 is 0.369 bits per heavy atom. The van der Waals surface area contributed by atoms with E-state index in [1.807, 2.05) is 0 Å². The summed E-state index contributed by atoms with van der Waals surface area (Å²) in [6.07, 6.45) is 19.2. The molecule has 5 rings (SSSR count). The molecule has 0 aliphatic carbocycles. The highest BCUT2D eigenvalue weighted by molar-refractivity contribution is 5.94. The Morgan fingerprint density at radius 2 is 0.723 bits per heavy atom. The quantitative estimate of drug-likeness (QED) is 0.0272. The zero-order chi connectivity index (χ0) is 46.1. The maximum absolute atomic E-state index is 14.8. The summed E-state index contributed by atoms with van der Waals surface area (Å²) in [6, 6.07) is 28.3. The number of esters is 4. The predicted octanol–water partition coefficient (Wildman–Crippen LogP) is 13.7. The van der Waals surface area contributed by atoms with Crippen LogP contribution in [0.25, 0.3) is 0 Å². The molecule has 0 amide bonds. The third kappa shape index (κ3) is 17.5. The highest BCUT2D eigenvalue weighted by Crippen LogP contribution is 2.25. The van der Waals surface area contributed by atoms with E-state index in [-0.39, 0.29) is 39.7 Å². The topological polar surface area (TPSA) is 124 Å². The van der Waals surface area contributed by atoms with Crippen molar-refractivity contribution >= 4 is 23.9 Å². The summed E-state index contributed by atoms with van der Waals surface area (Å²) < 4.78 is 48.1. The number of hydrogen-bond acceptors (Lipinski definition) is 10. The van der Waals surface area contributed by atoms with Crippen molar-refractivity contribution < 1.29 is 52.0 Å². The minimum Gasteiger partial charge on any atom is -0.494 e. The maximum atomic E-state index is 14.8. The third-order valence-corrected chi connectivity index (χ3v) is 10.6. The van der Waals surface area contributed by atoms with Gasteiger partial charge in [-0.3, -0.25) is 0 Å². The summed E-state index contributed by atoms with van der Waals surface area (Å²) in [6.45, 7) is 5.50. The molecule has 0 aromatic heterocycles. The number of benzene rings is 5. The molecule has 344 valence electrons. The lowest BCUT2D eigenvalue weighted by Crippen LogP contribution is -2.12. The molecular formula is C54H61FO10. The van der Waals surface area contributed by atoms with E-state index in [1.165, 1.54) is 149 Å². The molecule has 0 radical (unpaired) electrons. The van der Waals surface area contributed by atoms with Gasteiger partial charge in [0, 0.05) is 12.1 Å². The molecule has 11 heteroatoms. The van der Waals surface area contributed by atoms with Crippen LogP contribution < -0.4 is 28.4 Å². The van der Waals surface area contributed by atoms with Crippen molar-refractivity contribution in [2.45, 2.75) is 117 Å². The summed E-state index contributed by atoms with van der Waals surface area (Å²) in [4.78, 5) is 51.4. The fourth-order valence-electron chi connectivity index (χ4n) is 6.87. The first-order valence-corrected chi connectivity index (χ1v) is 23.1. The van der Waals surface area contributed by atoms with Crippen LogP contribution in [0.4, 0.5) is 4.39 Å². The van der Waals surface area contributed by atoms with E-state index in [9.17, 15) is 23.6 Å². The lowest BCUT2D eigenvalue weighted by molar-refractivity contribution is 0.0719. The number of carbonyl (C=O) groups is 4. The molecule has 0 fully saturated rings. The minimum absolute atomic E-state index is 0.0969. The van der Waals surface area contributed by atoms with Crippen molar-refractivity contribution in [3.63, 3.8) is 0 Å². The molecule has 10 nitrogen and oxygen atoms in total. The highest BCUT2D eigenvalue weighted by Gasteiger charge is 2.18. The molecule has 0 aliphatic rings. The standard InChI is InChI=1S/C54H61FO10/c1-3-5-7-9-11-12-13-14-16-17-36-60-43-28-22-40(23-29-43)51(56)62-44-30-24-41(25-31-44)52(57)64-47-20-19-21-48(38-47)65-53(58)42-26-32-45(33-27-42)63-54(59)49-35-34-46(39-50(49)55)61-37-18-15-10-8-6-4-2/h19-35,38-39H,3-18,36-37H2,1-2H3. The van der Waals surface area contributed by atoms with E-state index in [0.29, 0.717) is 30.3 Å². The number of carbonyl (C=O) groups excluding carboxylic acids is 4. The summed E-state index contributed by atoms with van der Waals surface area (Å²) >= 11 is 0. The lowest BCUT2D eigenvalue weighted by atomic mass is 10.1. The van der Waals surface area contributed by atoms with Crippen LogP contribution in [-0.2, 0) is 0 Å². The van der Waals surface area contributed by atoms with Crippen LogP contribution in [0, 0.1) is 5.82 Å². The normalized spacial score (nSPS) is 10.8. The first-order chi connectivity index (χ1) is 31.7. The van der Waals surface area contributed by atoms with Gasteiger partial charge in [-0.2, -0.15) is 0 Å². The van der Waals surface area contributed by atoms with Gasteiger partial charge in [0.15, 0.2) is 0 Å². The molecule has 65 heavy (non-hydrogen) atoms. The van der Waals surface area contributed by atoms with Gasteiger partial charge in [0.25, 0.3) is 0 Å². The van der Waals surface area contributed by atoms with Gasteiger partial charge in [-0.25, -0.2) is 23.6 Å². The summed E-state index contributed by atoms with van der Waals surface area (Å²) in [5, 5.41) is 0. The summed E-state index contributed by atoms with van der Waals surface area (Å²) in [7, 11) is 0. The molecule has 0 N–H and O–H groups in total. The van der Waals surface area contributed by atoms with Crippen molar-refractivity contribution in [3.8, 4) is 34.5 Å². The molecule has 0 spiro atoms. The van der Waals surface area contributed by atoms with E-state index >= 15 is 0 Å². The fourth-order valence-corrected chi connectivity index (χ4v) is 6.87. The van der Waals surface area contributed by atoms with Gasteiger partial charge in [-0.15, -0.1) is 0 Å². The second-order valence-electron chi connectivity index (χ2n) is 15.9. The van der Waals surface area contributed by atoms with Gasteiger partial charge in [0.2, 0.25) is 0 Å². The number of hydrogen-bond donors (Lipinski definition) is 0. The van der Waals surface area contributed by atoms with Gasteiger partial charge in [0.1, 0.15) is 40.3 Å². The monoisotopic (exact) mass is 888 g/mol. The summed E-state index contributed by atoms with van der Waals surface area (Å²) in [5.41, 5.74) is 0.450. The van der Waals surface area contributed by atoms with E-state index in [2.05, 4.69) is 13.8 Å². The second kappa shape index (κ2) is 27.6. The van der Waals surface area contributed by atoms with E-state index in [4.69, 9.17) is 28.4 Å². The number of unbranched alkanes of at least 4 members (excludes halogenated alkanes) is 14. The average Bonchev–Trinajstić information content (AvgIpc) is 3.31.